The van der Waals surface area contributed by atoms with Crippen molar-refractivity contribution in [1.82, 2.24) is 4.98 Å². The average Bonchev–Trinajstić information content (AvgIpc) is 2.57. The summed E-state index contributed by atoms with van der Waals surface area (Å²) in [5.74, 6) is 0.525. The number of halogens is 2. The molecule has 0 N–H and O–H groups in total. The molecule has 1 atom stereocenters. The van der Waals surface area contributed by atoms with Gasteiger partial charge in [-0.25, -0.2) is 4.98 Å². The average molecular weight is 306 g/mol. The Labute approximate surface area is 107 Å². The van der Waals surface area contributed by atoms with Gasteiger partial charge in [-0.1, -0.05) is 0 Å². The standard InChI is InChI=1S/C10H10BrClN2O2/c1-16-8-3-2-7(10(11)13-8)14-5-6(12)4-9(14)15/h2-3,6H,4-5H2,1H3. The van der Waals surface area contributed by atoms with E-state index in [2.05, 4.69) is 20.9 Å². The number of amides is 1. The molecule has 1 saturated heterocycles. The van der Waals surface area contributed by atoms with Crippen LogP contribution in [0.5, 0.6) is 5.88 Å². The van der Waals surface area contributed by atoms with Gasteiger partial charge in [0.1, 0.15) is 4.60 Å². The Balaban J connectivity index is 2.30. The summed E-state index contributed by atoms with van der Waals surface area (Å²) >= 11 is 9.26. The van der Waals surface area contributed by atoms with Crippen LogP contribution < -0.4 is 9.64 Å². The van der Waals surface area contributed by atoms with Crippen LogP contribution in [0.4, 0.5) is 5.69 Å². The predicted molar refractivity (Wildman–Crippen MR) is 65.1 cm³/mol. The number of carbonyl (C=O) groups excluding carboxylic acids is 1. The van der Waals surface area contributed by atoms with Crippen molar-refractivity contribution < 1.29 is 9.53 Å². The smallest absolute Gasteiger partial charge is 0.228 e. The zero-order valence-electron chi connectivity index (χ0n) is 8.61. The van der Waals surface area contributed by atoms with E-state index in [1.165, 1.54) is 0 Å². The van der Waals surface area contributed by atoms with Gasteiger partial charge in [-0.2, -0.15) is 0 Å². The van der Waals surface area contributed by atoms with Gasteiger partial charge in [0.15, 0.2) is 0 Å². The number of nitrogens with zero attached hydrogens (tertiary/aromatic N) is 2. The van der Waals surface area contributed by atoms with E-state index in [1.54, 1.807) is 24.1 Å². The molecule has 86 valence electrons. The summed E-state index contributed by atoms with van der Waals surface area (Å²) in [7, 11) is 1.55. The van der Waals surface area contributed by atoms with Gasteiger partial charge in [-0.3, -0.25) is 4.79 Å². The number of alkyl halides is 1. The maximum atomic E-state index is 11.7. The number of aromatic nitrogens is 1. The van der Waals surface area contributed by atoms with Crippen LogP contribution >= 0.6 is 27.5 Å². The van der Waals surface area contributed by atoms with E-state index in [0.717, 1.165) is 5.69 Å². The van der Waals surface area contributed by atoms with Crippen molar-refractivity contribution in [3.8, 4) is 5.88 Å². The van der Waals surface area contributed by atoms with E-state index in [1.807, 2.05) is 0 Å². The second-order valence-corrected chi connectivity index (χ2v) is 4.84. The molecule has 1 fully saturated rings. The Morgan fingerprint density at radius 1 is 1.62 bits per heavy atom. The highest BCUT2D eigenvalue weighted by molar-refractivity contribution is 9.10. The molecule has 16 heavy (non-hydrogen) atoms. The molecule has 1 aromatic rings. The molecule has 0 radical (unpaired) electrons. The molecule has 1 aliphatic rings. The van der Waals surface area contributed by atoms with E-state index in [9.17, 15) is 4.79 Å². The van der Waals surface area contributed by atoms with Gasteiger partial charge in [-0.05, 0) is 22.0 Å². The van der Waals surface area contributed by atoms with Crippen molar-refractivity contribution in [2.75, 3.05) is 18.6 Å². The molecule has 0 bridgehead atoms. The number of anilines is 1. The highest BCUT2D eigenvalue weighted by Gasteiger charge is 2.30. The second kappa shape index (κ2) is 4.59. The van der Waals surface area contributed by atoms with E-state index in [4.69, 9.17) is 16.3 Å². The summed E-state index contributed by atoms with van der Waals surface area (Å²) < 4.78 is 5.58. The lowest BCUT2D eigenvalue weighted by Gasteiger charge is -2.17. The quantitative estimate of drug-likeness (QED) is 0.621. The summed E-state index contributed by atoms with van der Waals surface area (Å²) in [6.45, 7) is 0.521. The van der Waals surface area contributed by atoms with E-state index in [-0.39, 0.29) is 11.3 Å². The first kappa shape index (κ1) is 11.7. The summed E-state index contributed by atoms with van der Waals surface area (Å²) in [5, 5.41) is -0.124. The van der Waals surface area contributed by atoms with Crippen molar-refractivity contribution in [3.63, 3.8) is 0 Å². The lowest BCUT2D eigenvalue weighted by atomic mass is 10.4. The van der Waals surface area contributed by atoms with E-state index < -0.39 is 0 Å². The fourth-order valence-corrected chi connectivity index (χ4v) is 2.41. The fourth-order valence-electron chi connectivity index (χ4n) is 1.62. The number of carbonyl (C=O) groups is 1. The van der Waals surface area contributed by atoms with Crippen LogP contribution in [0.1, 0.15) is 6.42 Å². The normalized spacial score (nSPS) is 20.3. The molecule has 2 rings (SSSR count). The topological polar surface area (TPSA) is 42.4 Å². The van der Waals surface area contributed by atoms with Gasteiger partial charge in [0.2, 0.25) is 11.8 Å². The minimum atomic E-state index is -0.124. The Bertz CT molecular complexity index is 427. The summed E-state index contributed by atoms with van der Waals surface area (Å²) in [6, 6.07) is 3.51. The van der Waals surface area contributed by atoms with Crippen molar-refractivity contribution in [2.24, 2.45) is 0 Å². The SMILES string of the molecule is COc1ccc(N2CC(Cl)CC2=O)c(Br)n1. The molecule has 1 aromatic heterocycles. The molecular weight excluding hydrogens is 295 g/mol. The maximum Gasteiger partial charge on any atom is 0.228 e. The minimum absolute atomic E-state index is 0.0210. The van der Waals surface area contributed by atoms with Gasteiger partial charge in [0.25, 0.3) is 0 Å². The van der Waals surface area contributed by atoms with Crippen molar-refractivity contribution in [3.05, 3.63) is 16.7 Å². The predicted octanol–water partition coefficient (Wildman–Crippen LogP) is 2.20. The molecule has 2 heterocycles. The Hall–Kier alpha value is -0.810. The number of methoxy groups -OCH3 is 1. The molecule has 1 aliphatic heterocycles. The Morgan fingerprint density at radius 2 is 2.38 bits per heavy atom. The highest BCUT2D eigenvalue weighted by Crippen LogP contribution is 2.31. The molecule has 1 amide bonds. The molecule has 0 saturated carbocycles. The Kier molecular flexibility index (Phi) is 3.35. The number of ether oxygens (including phenoxy) is 1. The first-order valence-electron chi connectivity index (χ1n) is 4.77. The third-order valence-corrected chi connectivity index (χ3v) is 3.26. The van der Waals surface area contributed by atoms with Gasteiger partial charge >= 0.3 is 0 Å². The molecule has 0 aliphatic carbocycles. The van der Waals surface area contributed by atoms with Crippen molar-refractivity contribution in [1.29, 1.82) is 0 Å². The van der Waals surface area contributed by atoms with Gasteiger partial charge in [-0.15, -0.1) is 11.6 Å². The number of hydrogen-bond donors (Lipinski definition) is 0. The summed E-state index contributed by atoms with van der Waals surface area (Å²) in [4.78, 5) is 17.4. The molecule has 0 aromatic carbocycles. The van der Waals surface area contributed by atoms with Crippen LogP contribution in [0.15, 0.2) is 16.7 Å². The molecule has 1 unspecified atom stereocenters. The third kappa shape index (κ3) is 2.15. The second-order valence-electron chi connectivity index (χ2n) is 3.47. The molecule has 4 nitrogen and oxygen atoms in total. The zero-order chi connectivity index (χ0) is 11.7. The van der Waals surface area contributed by atoms with Crippen molar-refractivity contribution >= 4 is 39.1 Å². The van der Waals surface area contributed by atoms with Crippen LogP contribution in [-0.4, -0.2) is 29.9 Å². The largest absolute Gasteiger partial charge is 0.481 e. The Morgan fingerprint density at radius 3 is 2.88 bits per heavy atom. The lowest BCUT2D eigenvalue weighted by Crippen LogP contribution is -2.25. The summed E-state index contributed by atoms with van der Waals surface area (Å²) in [5.41, 5.74) is 0.731. The van der Waals surface area contributed by atoms with Crippen molar-refractivity contribution in [2.45, 2.75) is 11.8 Å². The number of hydrogen-bond acceptors (Lipinski definition) is 3. The number of pyridine rings is 1. The first-order valence-corrected chi connectivity index (χ1v) is 5.99. The van der Waals surface area contributed by atoms with E-state index in [0.29, 0.717) is 23.4 Å². The van der Waals surface area contributed by atoms with Gasteiger partial charge < -0.3 is 9.64 Å². The van der Waals surface area contributed by atoms with Crippen LogP contribution in [0, 0.1) is 0 Å². The highest BCUT2D eigenvalue weighted by atomic mass is 79.9. The summed E-state index contributed by atoms with van der Waals surface area (Å²) in [6.07, 6.45) is 0.375. The monoisotopic (exact) mass is 304 g/mol. The fraction of sp³-hybridized carbons (Fsp3) is 0.400. The molecular formula is C10H10BrClN2O2. The third-order valence-electron chi connectivity index (χ3n) is 2.38. The van der Waals surface area contributed by atoms with Gasteiger partial charge in [0.05, 0.1) is 18.2 Å². The first-order chi connectivity index (χ1) is 7.61. The van der Waals surface area contributed by atoms with Crippen LogP contribution in [0.3, 0.4) is 0 Å². The molecule has 0 spiro atoms. The zero-order valence-corrected chi connectivity index (χ0v) is 11.0. The number of rotatable bonds is 2. The van der Waals surface area contributed by atoms with Crippen LogP contribution in [0.25, 0.3) is 0 Å². The minimum Gasteiger partial charge on any atom is -0.481 e. The van der Waals surface area contributed by atoms with Crippen LogP contribution in [0.2, 0.25) is 0 Å². The maximum absolute atomic E-state index is 11.7. The molecule has 6 heteroatoms. The van der Waals surface area contributed by atoms with Gasteiger partial charge in [0, 0.05) is 19.0 Å². The van der Waals surface area contributed by atoms with Crippen LogP contribution in [-0.2, 0) is 4.79 Å². The van der Waals surface area contributed by atoms with E-state index >= 15 is 0 Å². The lowest BCUT2D eigenvalue weighted by molar-refractivity contribution is -0.117.